The summed E-state index contributed by atoms with van der Waals surface area (Å²) < 4.78 is 7.74. The zero-order chi connectivity index (χ0) is 20.1. The lowest BCUT2D eigenvalue weighted by atomic mass is 10.0. The first-order chi connectivity index (χ1) is 13.5. The largest absolute Gasteiger partial charge is 0.496 e. The topological polar surface area (TPSA) is 56.1 Å². The Morgan fingerprint density at radius 2 is 1.93 bits per heavy atom. The van der Waals surface area contributed by atoms with E-state index in [1.54, 1.807) is 7.11 Å². The molecule has 0 aliphatic heterocycles. The first-order valence-electron chi connectivity index (χ1n) is 9.54. The molecule has 1 N–H and O–H groups in total. The molecule has 2 aromatic carbocycles. The highest BCUT2D eigenvalue weighted by atomic mass is 16.5. The van der Waals surface area contributed by atoms with Gasteiger partial charge in [0.2, 0.25) is 5.91 Å². The molecule has 0 spiro atoms. The lowest BCUT2D eigenvalue weighted by Crippen LogP contribution is -2.30. The zero-order valence-corrected chi connectivity index (χ0v) is 16.9. The third-order valence-corrected chi connectivity index (χ3v) is 4.67. The molecular formula is C23H27N3O2. The molecule has 0 saturated heterocycles. The Hall–Kier alpha value is -3.08. The molecule has 0 atom stereocenters. The molecular weight excluding hydrogens is 350 g/mol. The van der Waals surface area contributed by atoms with Crippen molar-refractivity contribution in [2.45, 2.75) is 27.3 Å². The van der Waals surface area contributed by atoms with E-state index in [2.05, 4.69) is 39.1 Å². The van der Waals surface area contributed by atoms with Crippen LogP contribution in [0.15, 0.2) is 54.9 Å². The van der Waals surface area contributed by atoms with E-state index < -0.39 is 0 Å². The average molecular weight is 377 g/mol. The summed E-state index contributed by atoms with van der Waals surface area (Å²) in [5, 5.41) is 2.98. The van der Waals surface area contributed by atoms with Crippen LogP contribution in [0.3, 0.4) is 0 Å². The molecule has 1 heterocycles. The van der Waals surface area contributed by atoms with Gasteiger partial charge >= 0.3 is 0 Å². The minimum Gasteiger partial charge on any atom is -0.496 e. The first-order valence-corrected chi connectivity index (χ1v) is 9.54. The van der Waals surface area contributed by atoms with Gasteiger partial charge in [0.1, 0.15) is 5.75 Å². The van der Waals surface area contributed by atoms with Gasteiger partial charge in [0.05, 0.1) is 24.8 Å². The molecule has 5 heteroatoms. The van der Waals surface area contributed by atoms with Crippen LogP contribution in [0.4, 0.5) is 0 Å². The van der Waals surface area contributed by atoms with Gasteiger partial charge in [0.25, 0.3) is 0 Å². The Morgan fingerprint density at radius 3 is 2.61 bits per heavy atom. The number of benzene rings is 2. The van der Waals surface area contributed by atoms with Gasteiger partial charge in [-0.3, -0.25) is 4.79 Å². The van der Waals surface area contributed by atoms with Crippen LogP contribution in [0.5, 0.6) is 5.75 Å². The van der Waals surface area contributed by atoms with Gasteiger partial charge in [-0.1, -0.05) is 50.2 Å². The van der Waals surface area contributed by atoms with E-state index >= 15 is 0 Å². The maximum absolute atomic E-state index is 11.9. The molecule has 0 aliphatic rings. The van der Waals surface area contributed by atoms with Crippen molar-refractivity contribution in [2.75, 3.05) is 13.7 Å². The van der Waals surface area contributed by atoms with E-state index in [1.807, 2.05) is 51.4 Å². The van der Waals surface area contributed by atoms with Crippen LogP contribution in [0.1, 0.15) is 19.4 Å². The van der Waals surface area contributed by atoms with E-state index in [0.29, 0.717) is 13.1 Å². The Balaban J connectivity index is 2.02. The van der Waals surface area contributed by atoms with Crippen LogP contribution in [0.2, 0.25) is 0 Å². The molecule has 1 aromatic heterocycles. The van der Waals surface area contributed by atoms with Crippen molar-refractivity contribution >= 4 is 5.91 Å². The molecule has 3 rings (SSSR count). The van der Waals surface area contributed by atoms with Crippen molar-refractivity contribution in [3.63, 3.8) is 0 Å². The summed E-state index contributed by atoms with van der Waals surface area (Å²) in [4.78, 5) is 16.6. The minimum atomic E-state index is -0.0284. The molecule has 0 saturated carbocycles. The average Bonchev–Trinajstić information content (AvgIpc) is 3.12. The third kappa shape index (κ3) is 4.25. The van der Waals surface area contributed by atoms with Gasteiger partial charge in [-0.05, 0) is 24.6 Å². The highest BCUT2D eigenvalue weighted by Gasteiger charge is 2.18. The molecule has 0 radical (unpaired) electrons. The van der Waals surface area contributed by atoms with Crippen molar-refractivity contribution in [3.8, 4) is 28.3 Å². The second-order valence-corrected chi connectivity index (χ2v) is 7.15. The Bertz CT molecular complexity index is 946. The predicted octanol–water partition coefficient (Wildman–Crippen LogP) is 4.31. The smallest absolute Gasteiger partial charge is 0.222 e. The SMILES string of the molecule is COc1cc(C)ccc1-c1c(-c2ccccc2)ncn1CCNC(=O)C(C)C. The number of hydrogen-bond donors (Lipinski definition) is 1. The number of carbonyl (C=O) groups is 1. The summed E-state index contributed by atoms with van der Waals surface area (Å²) in [5.74, 6) is 0.836. The molecule has 0 fully saturated rings. The number of amides is 1. The predicted molar refractivity (Wildman–Crippen MR) is 112 cm³/mol. The molecule has 0 aliphatic carbocycles. The summed E-state index contributed by atoms with van der Waals surface area (Å²) in [6.07, 6.45) is 1.83. The van der Waals surface area contributed by atoms with Gasteiger partial charge in [-0.15, -0.1) is 0 Å². The fraction of sp³-hybridized carbons (Fsp3) is 0.304. The van der Waals surface area contributed by atoms with Crippen molar-refractivity contribution in [2.24, 2.45) is 5.92 Å². The maximum atomic E-state index is 11.9. The molecule has 0 unspecified atom stereocenters. The van der Waals surface area contributed by atoms with E-state index in [4.69, 9.17) is 4.74 Å². The molecule has 146 valence electrons. The van der Waals surface area contributed by atoms with E-state index in [9.17, 15) is 4.79 Å². The summed E-state index contributed by atoms with van der Waals surface area (Å²) in [6, 6.07) is 16.3. The quantitative estimate of drug-likeness (QED) is 0.668. The molecule has 1 amide bonds. The molecule has 5 nitrogen and oxygen atoms in total. The van der Waals surface area contributed by atoms with Crippen LogP contribution in [-0.2, 0) is 11.3 Å². The number of carbonyl (C=O) groups excluding carboxylic acids is 1. The first kappa shape index (κ1) is 19.7. The molecule has 3 aromatic rings. The third-order valence-electron chi connectivity index (χ3n) is 4.67. The number of hydrogen-bond acceptors (Lipinski definition) is 3. The minimum absolute atomic E-state index is 0.0284. The number of aryl methyl sites for hydroxylation is 1. The van der Waals surface area contributed by atoms with Gasteiger partial charge in [0, 0.05) is 30.1 Å². The van der Waals surface area contributed by atoms with Crippen LogP contribution in [-0.4, -0.2) is 29.1 Å². The number of nitrogens with one attached hydrogen (secondary N) is 1. The lowest BCUT2D eigenvalue weighted by Gasteiger charge is -2.15. The maximum Gasteiger partial charge on any atom is 0.222 e. The lowest BCUT2D eigenvalue weighted by molar-refractivity contribution is -0.124. The highest BCUT2D eigenvalue weighted by molar-refractivity contribution is 5.82. The zero-order valence-electron chi connectivity index (χ0n) is 16.9. The summed E-state index contributed by atoms with van der Waals surface area (Å²) in [6.45, 7) is 7.00. The summed E-state index contributed by atoms with van der Waals surface area (Å²) in [5.41, 5.74) is 5.06. The van der Waals surface area contributed by atoms with E-state index in [1.165, 1.54) is 0 Å². The van der Waals surface area contributed by atoms with Crippen LogP contribution < -0.4 is 10.1 Å². The Morgan fingerprint density at radius 1 is 1.18 bits per heavy atom. The number of methoxy groups -OCH3 is 1. The van der Waals surface area contributed by atoms with Gasteiger partial charge in [-0.25, -0.2) is 4.98 Å². The second-order valence-electron chi connectivity index (χ2n) is 7.15. The number of ether oxygens (including phenoxy) is 1. The van der Waals surface area contributed by atoms with Crippen molar-refractivity contribution in [1.82, 2.24) is 14.9 Å². The number of nitrogens with zero attached hydrogens (tertiary/aromatic N) is 2. The second kappa shape index (κ2) is 8.74. The fourth-order valence-corrected chi connectivity index (χ4v) is 3.14. The standard InChI is InChI=1S/C23H27N3O2/c1-16(2)23(27)24-12-13-26-15-25-21(18-8-6-5-7-9-18)22(26)19-11-10-17(3)14-20(19)28-4/h5-11,14-16H,12-13H2,1-4H3,(H,24,27). The van der Waals surface area contributed by atoms with Crippen molar-refractivity contribution in [3.05, 3.63) is 60.4 Å². The molecule has 28 heavy (non-hydrogen) atoms. The van der Waals surface area contributed by atoms with Gasteiger partial charge in [-0.2, -0.15) is 0 Å². The number of imidazole rings is 1. The van der Waals surface area contributed by atoms with Crippen LogP contribution in [0.25, 0.3) is 22.5 Å². The van der Waals surface area contributed by atoms with Crippen molar-refractivity contribution in [1.29, 1.82) is 0 Å². The van der Waals surface area contributed by atoms with Crippen molar-refractivity contribution < 1.29 is 9.53 Å². The Kier molecular flexibility index (Phi) is 6.14. The number of aromatic nitrogens is 2. The fourth-order valence-electron chi connectivity index (χ4n) is 3.14. The highest BCUT2D eigenvalue weighted by Crippen LogP contribution is 2.37. The van der Waals surface area contributed by atoms with Gasteiger partial charge in [0.15, 0.2) is 0 Å². The Labute approximate surface area is 166 Å². The van der Waals surface area contributed by atoms with Crippen LogP contribution >= 0.6 is 0 Å². The normalized spacial score (nSPS) is 10.9. The van der Waals surface area contributed by atoms with E-state index in [-0.39, 0.29) is 11.8 Å². The van der Waals surface area contributed by atoms with Crippen LogP contribution in [0, 0.1) is 12.8 Å². The summed E-state index contributed by atoms with van der Waals surface area (Å²) in [7, 11) is 1.68. The van der Waals surface area contributed by atoms with Gasteiger partial charge < -0.3 is 14.6 Å². The van der Waals surface area contributed by atoms with E-state index in [0.717, 1.165) is 33.8 Å². The molecule has 0 bridgehead atoms. The summed E-state index contributed by atoms with van der Waals surface area (Å²) >= 11 is 0. The monoisotopic (exact) mass is 377 g/mol. The number of rotatable bonds is 7.